The summed E-state index contributed by atoms with van der Waals surface area (Å²) in [6.07, 6.45) is 3.57. The van der Waals surface area contributed by atoms with Gasteiger partial charge in [0.1, 0.15) is 5.52 Å². The largest absolute Gasteiger partial charge is 0.251 e. The summed E-state index contributed by atoms with van der Waals surface area (Å²) in [7, 11) is 0. The second-order valence-electron chi connectivity index (χ2n) is 5.41. The van der Waals surface area contributed by atoms with Gasteiger partial charge in [-0.1, -0.05) is 24.3 Å². The van der Waals surface area contributed by atoms with Gasteiger partial charge in [-0.3, -0.25) is 4.98 Å². The summed E-state index contributed by atoms with van der Waals surface area (Å²) in [4.78, 5) is 13.4. The van der Waals surface area contributed by atoms with E-state index < -0.39 is 0 Å². The molecule has 0 spiro atoms. The second-order valence-corrected chi connectivity index (χ2v) is 6.49. The molecule has 0 amide bonds. The Morgan fingerprint density at radius 1 is 0.783 bits per heavy atom. The van der Waals surface area contributed by atoms with Crippen molar-refractivity contribution in [2.75, 3.05) is 0 Å². The van der Waals surface area contributed by atoms with Crippen LogP contribution in [0.5, 0.6) is 0 Å². The molecule has 0 aliphatic heterocycles. The van der Waals surface area contributed by atoms with Crippen LogP contribution in [0.4, 0.5) is 0 Å². The number of nitrogens with zero attached hydrogens (tertiary/aromatic N) is 3. The molecule has 0 fully saturated rings. The summed E-state index contributed by atoms with van der Waals surface area (Å²) in [5.41, 5.74) is 3.42. The fourth-order valence-electron chi connectivity index (χ4n) is 2.87. The molecule has 2 aromatic carbocycles. The lowest BCUT2D eigenvalue weighted by Gasteiger charge is -2.02. The van der Waals surface area contributed by atoms with Crippen LogP contribution in [-0.2, 0) is 0 Å². The number of rotatable bonds is 1. The van der Waals surface area contributed by atoms with E-state index in [0.29, 0.717) is 5.65 Å². The van der Waals surface area contributed by atoms with Crippen molar-refractivity contribution in [2.45, 2.75) is 0 Å². The van der Waals surface area contributed by atoms with E-state index in [2.05, 4.69) is 57.4 Å². The van der Waals surface area contributed by atoms with Crippen molar-refractivity contribution in [3.05, 3.63) is 67.0 Å². The minimum atomic E-state index is 0.681. The topological polar surface area (TPSA) is 38.7 Å². The average molecular weight is 313 g/mol. The van der Waals surface area contributed by atoms with Crippen LogP contribution in [0.3, 0.4) is 0 Å². The molecule has 5 rings (SSSR count). The molecule has 3 heterocycles. The van der Waals surface area contributed by atoms with Gasteiger partial charge in [0.25, 0.3) is 0 Å². The zero-order valence-electron chi connectivity index (χ0n) is 12.1. The van der Waals surface area contributed by atoms with Crippen LogP contribution in [0.15, 0.2) is 67.0 Å². The Hall–Kier alpha value is -2.85. The maximum absolute atomic E-state index is 4.65. The van der Waals surface area contributed by atoms with Gasteiger partial charge >= 0.3 is 0 Å². The lowest BCUT2D eigenvalue weighted by atomic mass is 10.1. The first-order valence-electron chi connectivity index (χ1n) is 7.38. The van der Waals surface area contributed by atoms with E-state index in [1.807, 2.05) is 29.7 Å². The SMILES string of the molecule is c1cnc2nc(-c3ccc4sc5ccccc5c4c3)cnc2c1. The highest BCUT2D eigenvalue weighted by Crippen LogP contribution is 2.35. The highest BCUT2D eigenvalue weighted by Gasteiger charge is 2.08. The predicted octanol–water partition coefficient (Wildman–Crippen LogP) is 5.06. The number of fused-ring (bicyclic) bond motifs is 4. The van der Waals surface area contributed by atoms with Gasteiger partial charge in [0.05, 0.1) is 11.9 Å². The predicted molar refractivity (Wildman–Crippen MR) is 95.7 cm³/mol. The Bertz CT molecular complexity index is 1180. The Morgan fingerprint density at radius 2 is 1.70 bits per heavy atom. The molecule has 0 aliphatic rings. The first kappa shape index (κ1) is 12.7. The fraction of sp³-hybridized carbons (Fsp3) is 0. The zero-order chi connectivity index (χ0) is 15.2. The van der Waals surface area contributed by atoms with E-state index in [0.717, 1.165) is 16.8 Å². The highest BCUT2D eigenvalue weighted by molar-refractivity contribution is 7.25. The number of aromatic nitrogens is 3. The molecule has 4 heteroatoms. The molecule has 0 aliphatic carbocycles. The molecular formula is C19H11N3S. The third-order valence-electron chi connectivity index (χ3n) is 3.99. The number of benzene rings is 2. The minimum Gasteiger partial charge on any atom is -0.251 e. The Balaban J connectivity index is 1.76. The van der Waals surface area contributed by atoms with E-state index in [9.17, 15) is 0 Å². The van der Waals surface area contributed by atoms with Crippen molar-refractivity contribution in [2.24, 2.45) is 0 Å². The van der Waals surface area contributed by atoms with Crippen molar-refractivity contribution in [1.29, 1.82) is 0 Å². The summed E-state index contributed by atoms with van der Waals surface area (Å²) < 4.78 is 2.60. The third kappa shape index (κ3) is 1.99. The molecule has 0 unspecified atom stereocenters. The number of pyridine rings is 1. The molecule has 108 valence electrons. The standard InChI is InChI=1S/C19H11N3S/c1-2-6-17-13(4-1)14-10-12(7-8-18(14)23-17)16-11-21-15-5-3-9-20-19(15)22-16/h1-11H. The quantitative estimate of drug-likeness (QED) is 0.434. The Kier molecular flexibility index (Phi) is 2.66. The molecule has 3 aromatic heterocycles. The Morgan fingerprint density at radius 3 is 2.70 bits per heavy atom. The van der Waals surface area contributed by atoms with Crippen LogP contribution in [0, 0.1) is 0 Å². The van der Waals surface area contributed by atoms with E-state index in [4.69, 9.17) is 0 Å². The average Bonchev–Trinajstić information content (AvgIpc) is 2.99. The maximum atomic E-state index is 4.65. The summed E-state index contributed by atoms with van der Waals surface area (Å²) in [6.45, 7) is 0. The summed E-state index contributed by atoms with van der Waals surface area (Å²) in [6, 6.07) is 18.8. The van der Waals surface area contributed by atoms with Gasteiger partial charge in [0.15, 0.2) is 5.65 Å². The molecule has 23 heavy (non-hydrogen) atoms. The normalized spacial score (nSPS) is 11.5. The monoisotopic (exact) mass is 313 g/mol. The minimum absolute atomic E-state index is 0.681. The van der Waals surface area contributed by atoms with Crippen LogP contribution in [0.25, 0.3) is 42.6 Å². The van der Waals surface area contributed by atoms with Crippen LogP contribution in [0.1, 0.15) is 0 Å². The fourth-order valence-corrected chi connectivity index (χ4v) is 3.96. The summed E-state index contributed by atoms with van der Waals surface area (Å²) in [5.74, 6) is 0. The second kappa shape index (κ2) is 4.83. The van der Waals surface area contributed by atoms with E-state index >= 15 is 0 Å². The van der Waals surface area contributed by atoms with Crippen molar-refractivity contribution in [3.63, 3.8) is 0 Å². The highest BCUT2D eigenvalue weighted by atomic mass is 32.1. The molecule has 0 bridgehead atoms. The lowest BCUT2D eigenvalue weighted by Crippen LogP contribution is -1.90. The van der Waals surface area contributed by atoms with Crippen molar-refractivity contribution >= 4 is 42.7 Å². The van der Waals surface area contributed by atoms with Gasteiger partial charge in [-0.05, 0) is 30.3 Å². The van der Waals surface area contributed by atoms with Crippen molar-refractivity contribution in [1.82, 2.24) is 15.0 Å². The first-order valence-corrected chi connectivity index (χ1v) is 8.19. The lowest BCUT2D eigenvalue weighted by molar-refractivity contribution is 1.23. The number of thiophene rings is 1. The molecule has 3 nitrogen and oxygen atoms in total. The third-order valence-corrected chi connectivity index (χ3v) is 5.14. The van der Waals surface area contributed by atoms with Gasteiger partial charge in [-0.25, -0.2) is 9.97 Å². The van der Waals surface area contributed by atoms with Gasteiger partial charge in [0, 0.05) is 31.9 Å². The zero-order valence-corrected chi connectivity index (χ0v) is 12.9. The van der Waals surface area contributed by atoms with Gasteiger partial charge in [0.2, 0.25) is 0 Å². The molecule has 0 atom stereocenters. The summed E-state index contributed by atoms with van der Waals surface area (Å²) in [5, 5.41) is 2.56. The van der Waals surface area contributed by atoms with Crippen molar-refractivity contribution in [3.8, 4) is 11.3 Å². The molecule has 0 N–H and O–H groups in total. The van der Waals surface area contributed by atoms with Crippen LogP contribution in [-0.4, -0.2) is 15.0 Å². The van der Waals surface area contributed by atoms with Crippen LogP contribution >= 0.6 is 11.3 Å². The maximum Gasteiger partial charge on any atom is 0.178 e. The van der Waals surface area contributed by atoms with E-state index in [1.165, 1.54) is 20.2 Å². The molecule has 0 saturated carbocycles. The smallest absolute Gasteiger partial charge is 0.178 e. The molecule has 0 saturated heterocycles. The van der Waals surface area contributed by atoms with E-state index in [-0.39, 0.29) is 0 Å². The van der Waals surface area contributed by atoms with Gasteiger partial charge < -0.3 is 0 Å². The first-order chi connectivity index (χ1) is 11.4. The Labute approximate surface area is 136 Å². The van der Waals surface area contributed by atoms with E-state index in [1.54, 1.807) is 6.20 Å². The van der Waals surface area contributed by atoms with Crippen LogP contribution < -0.4 is 0 Å². The number of hydrogen-bond donors (Lipinski definition) is 0. The molecule has 5 aromatic rings. The van der Waals surface area contributed by atoms with Crippen LogP contribution in [0.2, 0.25) is 0 Å². The molecule has 0 radical (unpaired) electrons. The number of hydrogen-bond acceptors (Lipinski definition) is 4. The van der Waals surface area contributed by atoms with Crippen molar-refractivity contribution < 1.29 is 0 Å². The summed E-state index contributed by atoms with van der Waals surface area (Å²) >= 11 is 1.82. The van der Waals surface area contributed by atoms with Gasteiger partial charge in [-0.2, -0.15) is 0 Å². The molecular weight excluding hydrogens is 302 g/mol. The van der Waals surface area contributed by atoms with Gasteiger partial charge in [-0.15, -0.1) is 11.3 Å².